The van der Waals surface area contributed by atoms with Crippen LogP contribution in [0.1, 0.15) is 31.2 Å². The minimum absolute atomic E-state index is 0.0399. The summed E-state index contributed by atoms with van der Waals surface area (Å²) in [6, 6.07) is 9.70. The van der Waals surface area contributed by atoms with Crippen LogP contribution in [0.5, 0.6) is 0 Å². The zero-order chi connectivity index (χ0) is 18.1. The predicted octanol–water partition coefficient (Wildman–Crippen LogP) is 2.28. The molecule has 0 radical (unpaired) electrons. The maximum atomic E-state index is 12.9. The second-order valence-corrected chi connectivity index (χ2v) is 7.65. The van der Waals surface area contributed by atoms with Crippen molar-refractivity contribution in [2.75, 3.05) is 19.8 Å². The van der Waals surface area contributed by atoms with Crippen LogP contribution in [-0.2, 0) is 25.6 Å². The largest absolute Gasteiger partial charge is 0.480 e. The van der Waals surface area contributed by atoms with Gasteiger partial charge in [0.05, 0.1) is 6.61 Å². The molecule has 3 aliphatic rings. The standard InChI is InChI=1S/C20H25NO5/c22-18-20(19(23)24)10-16(20)15(13-26-17-8-4-5-9-25-17)12-21(18)11-14-6-2-1-3-7-14/h1-3,6-7,15-17H,4-5,8-13H2,(H,23,24). The summed E-state index contributed by atoms with van der Waals surface area (Å²) in [7, 11) is 0. The molecule has 2 saturated heterocycles. The summed E-state index contributed by atoms with van der Waals surface area (Å²) in [4.78, 5) is 26.4. The fraction of sp³-hybridized carbons (Fsp3) is 0.600. The smallest absolute Gasteiger partial charge is 0.319 e. The predicted molar refractivity (Wildman–Crippen MR) is 93.1 cm³/mol. The quantitative estimate of drug-likeness (QED) is 0.789. The number of nitrogens with zero attached hydrogens (tertiary/aromatic N) is 1. The minimum atomic E-state index is -1.24. The van der Waals surface area contributed by atoms with E-state index in [1.165, 1.54) is 0 Å². The van der Waals surface area contributed by atoms with Crippen molar-refractivity contribution in [3.8, 4) is 0 Å². The molecule has 26 heavy (non-hydrogen) atoms. The number of carboxylic acid groups (broad SMARTS) is 1. The topological polar surface area (TPSA) is 76.1 Å². The molecule has 4 unspecified atom stereocenters. The van der Waals surface area contributed by atoms with Gasteiger partial charge in [-0.1, -0.05) is 30.3 Å². The van der Waals surface area contributed by atoms with E-state index in [0.717, 1.165) is 31.4 Å². The van der Waals surface area contributed by atoms with Gasteiger partial charge in [-0.15, -0.1) is 0 Å². The second-order valence-electron chi connectivity index (χ2n) is 7.65. The maximum Gasteiger partial charge on any atom is 0.319 e. The van der Waals surface area contributed by atoms with E-state index in [1.54, 1.807) is 4.90 Å². The van der Waals surface area contributed by atoms with E-state index in [4.69, 9.17) is 9.47 Å². The van der Waals surface area contributed by atoms with Gasteiger partial charge in [0.15, 0.2) is 6.29 Å². The highest BCUT2D eigenvalue weighted by Crippen LogP contribution is 2.60. The fourth-order valence-electron chi connectivity index (χ4n) is 4.40. The molecule has 2 aliphatic heterocycles. The summed E-state index contributed by atoms with van der Waals surface area (Å²) < 4.78 is 11.5. The van der Waals surface area contributed by atoms with Gasteiger partial charge in [0.25, 0.3) is 0 Å². The average molecular weight is 359 g/mol. The Balaban J connectivity index is 1.46. The Kier molecular flexibility index (Phi) is 4.71. The number of piperidine rings is 1. The van der Waals surface area contributed by atoms with Crippen molar-refractivity contribution in [3.63, 3.8) is 0 Å². The van der Waals surface area contributed by atoms with Gasteiger partial charge in [0.2, 0.25) is 5.91 Å². The van der Waals surface area contributed by atoms with Crippen LogP contribution in [-0.4, -0.2) is 47.9 Å². The lowest BCUT2D eigenvalue weighted by Gasteiger charge is -2.36. The van der Waals surface area contributed by atoms with Crippen molar-refractivity contribution in [1.82, 2.24) is 4.90 Å². The zero-order valence-corrected chi connectivity index (χ0v) is 14.8. The van der Waals surface area contributed by atoms with Gasteiger partial charge in [-0.25, -0.2) is 0 Å². The molecule has 0 bridgehead atoms. The van der Waals surface area contributed by atoms with Crippen LogP contribution in [0.15, 0.2) is 30.3 Å². The van der Waals surface area contributed by atoms with Gasteiger partial charge in [-0.3, -0.25) is 9.59 Å². The van der Waals surface area contributed by atoms with Gasteiger partial charge < -0.3 is 19.5 Å². The Morgan fingerprint density at radius 1 is 1.31 bits per heavy atom. The second kappa shape index (κ2) is 7.00. The molecule has 3 fully saturated rings. The van der Waals surface area contributed by atoms with Crippen LogP contribution in [0.3, 0.4) is 0 Å². The molecule has 6 nitrogen and oxygen atoms in total. The van der Waals surface area contributed by atoms with Crippen molar-refractivity contribution < 1.29 is 24.2 Å². The van der Waals surface area contributed by atoms with Gasteiger partial charge in [0.1, 0.15) is 5.41 Å². The first-order chi connectivity index (χ1) is 12.6. The Morgan fingerprint density at radius 2 is 2.12 bits per heavy atom. The SMILES string of the molecule is O=C(O)C12CC1C(COC1CCCCO1)CN(Cc1ccccc1)C2=O. The van der Waals surface area contributed by atoms with Gasteiger partial charge >= 0.3 is 5.97 Å². The fourth-order valence-corrected chi connectivity index (χ4v) is 4.40. The monoisotopic (exact) mass is 359 g/mol. The Bertz CT molecular complexity index is 672. The summed E-state index contributed by atoms with van der Waals surface area (Å²) in [5.74, 6) is -1.32. The molecule has 140 valence electrons. The number of ether oxygens (including phenoxy) is 2. The number of carbonyl (C=O) groups is 2. The lowest BCUT2D eigenvalue weighted by Crippen LogP contribution is -2.50. The minimum Gasteiger partial charge on any atom is -0.480 e. The number of likely N-dealkylation sites (tertiary alicyclic amines) is 1. The summed E-state index contributed by atoms with van der Waals surface area (Å²) in [6.07, 6.45) is 3.27. The highest BCUT2D eigenvalue weighted by atomic mass is 16.7. The molecule has 1 aromatic carbocycles. The molecular weight excluding hydrogens is 334 g/mol. The van der Waals surface area contributed by atoms with E-state index < -0.39 is 11.4 Å². The molecule has 2 heterocycles. The molecule has 4 rings (SSSR count). The van der Waals surface area contributed by atoms with Crippen molar-refractivity contribution >= 4 is 11.9 Å². The maximum absolute atomic E-state index is 12.9. The summed E-state index contributed by atoms with van der Waals surface area (Å²) in [6.45, 7) is 2.15. The van der Waals surface area contributed by atoms with Crippen molar-refractivity contribution in [2.24, 2.45) is 17.3 Å². The third kappa shape index (κ3) is 3.12. The number of rotatable bonds is 6. The molecule has 0 spiro atoms. The third-order valence-corrected chi connectivity index (χ3v) is 5.94. The number of hydrogen-bond donors (Lipinski definition) is 1. The van der Waals surface area contributed by atoms with E-state index in [2.05, 4.69) is 0 Å². The Hall–Kier alpha value is -1.92. The van der Waals surface area contributed by atoms with E-state index in [-0.39, 0.29) is 24.0 Å². The molecule has 0 aromatic heterocycles. The number of aliphatic carboxylic acids is 1. The molecule has 6 heteroatoms. The highest BCUT2D eigenvalue weighted by molar-refractivity contribution is 6.06. The number of hydrogen-bond acceptors (Lipinski definition) is 4. The van der Waals surface area contributed by atoms with E-state index in [9.17, 15) is 14.7 Å². The molecule has 4 atom stereocenters. The van der Waals surface area contributed by atoms with Gasteiger partial charge in [-0.2, -0.15) is 0 Å². The highest BCUT2D eigenvalue weighted by Gasteiger charge is 2.71. The number of benzene rings is 1. The number of amides is 1. The summed E-state index contributed by atoms with van der Waals surface area (Å²) >= 11 is 0. The normalized spacial score (nSPS) is 33.6. The first-order valence-corrected chi connectivity index (χ1v) is 9.41. The molecule has 1 N–H and O–H groups in total. The van der Waals surface area contributed by atoms with Crippen LogP contribution in [0.2, 0.25) is 0 Å². The van der Waals surface area contributed by atoms with Crippen LogP contribution < -0.4 is 0 Å². The third-order valence-electron chi connectivity index (χ3n) is 5.94. The first-order valence-electron chi connectivity index (χ1n) is 9.41. The molecule has 1 saturated carbocycles. The summed E-state index contributed by atoms with van der Waals surface area (Å²) in [5.41, 5.74) is -0.232. The molecular formula is C20H25NO5. The van der Waals surface area contributed by atoms with E-state index in [1.807, 2.05) is 30.3 Å². The molecule has 1 aliphatic carbocycles. The van der Waals surface area contributed by atoms with Crippen molar-refractivity contribution in [1.29, 1.82) is 0 Å². The zero-order valence-electron chi connectivity index (χ0n) is 14.8. The number of carboxylic acids is 1. The van der Waals surface area contributed by atoms with Crippen LogP contribution in [0.25, 0.3) is 0 Å². The van der Waals surface area contributed by atoms with Gasteiger partial charge in [-0.05, 0) is 37.2 Å². The number of carbonyl (C=O) groups excluding carboxylic acids is 1. The molecule has 1 amide bonds. The summed E-state index contributed by atoms with van der Waals surface area (Å²) in [5, 5.41) is 9.72. The average Bonchev–Trinajstić information content (AvgIpc) is 3.43. The van der Waals surface area contributed by atoms with Crippen LogP contribution in [0.4, 0.5) is 0 Å². The Labute approximate surface area is 153 Å². The lowest BCUT2D eigenvalue weighted by atomic mass is 9.88. The van der Waals surface area contributed by atoms with Crippen LogP contribution >= 0.6 is 0 Å². The van der Waals surface area contributed by atoms with E-state index >= 15 is 0 Å². The number of fused-ring (bicyclic) bond motifs is 1. The van der Waals surface area contributed by atoms with Crippen LogP contribution in [0, 0.1) is 17.3 Å². The van der Waals surface area contributed by atoms with Crippen molar-refractivity contribution in [3.05, 3.63) is 35.9 Å². The van der Waals surface area contributed by atoms with E-state index in [0.29, 0.717) is 26.1 Å². The Morgan fingerprint density at radius 3 is 2.81 bits per heavy atom. The molecule has 1 aromatic rings. The van der Waals surface area contributed by atoms with Gasteiger partial charge in [0, 0.05) is 25.6 Å². The lowest BCUT2D eigenvalue weighted by molar-refractivity contribution is -0.176. The first kappa shape index (κ1) is 17.5. The van der Waals surface area contributed by atoms with Crippen molar-refractivity contribution in [2.45, 2.75) is 38.5 Å².